The molecule has 0 N–H and O–H groups in total. The Morgan fingerprint density at radius 2 is 1.91 bits per heavy atom. The number of methoxy groups -OCH3 is 1. The molecule has 2 aromatic carbocycles. The van der Waals surface area contributed by atoms with Gasteiger partial charge in [-0.25, -0.2) is 0 Å². The Kier molecular flexibility index (Phi) is 4.32. The summed E-state index contributed by atoms with van der Waals surface area (Å²) in [5.74, 6) is -0.695. The fourth-order valence-corrected chi connectivity index (χ4v) is 2.58. The molecule has 0 radical (unpaired) electrons. The predicted octanol–water partition coefficient (Wildman–Crippen LogP) is 3.54. The summed E-state index contributed by atoms with van der Waals surface area (Å²) in [6.45, 7) is 0. The van der Waals surface area contributed by atoms with Gasteiger partial charge in [0, 0.05) is 10.6 Å². The predicted molar refractivity (Wildman–Crippen MR) is 85.2 cm³/mol. The Morgan fingerprint density at radius 3 is 2.61 bits per heavy atom. The Balaban J connectivity index is 1.99. The molecule has 1 aliphatic rings. The minimum atomic E-state index is -0.591. The van der Waals surface area contributed by atoms with Gasteiger partial charge in [-0.3, -0.25) is 14.4 Å². The quantitative estimate of drug-likeness (QED) is 0.807. The van der Waals surface area contributed by atoms with Crippen LogP contribution in [0.4, 0.5) is 5.69 Å². The molecule has 5 nitrogen and oxygen atoms in total. The van der Waals surface area contributed by atoms with Crippen molar-refractivity contribution < 1.29 is 19.2 Å². The van der Waals surface area contributed by atoms with E-state index in [9.17, 15) is 9.59 Å². The van der Waals surface area contributed by atoms with Crippen LogP contribution >= 0.6 is 11.6 Å². The number of rotatable bonds is 3. The third kappa shape index (κ3) is 3.06. The molecular weight excluding hydrogens is 318 g/mol. The van der Waals surface area contributed by atoms with E-state index >= 15 is 0 Å². The average Bonchev–Trinajstić information content (AvgIpc) is 2.58. The zero-order valence-corrected chi connectivity index (χ0v) is 13.1. The fourth-order valence-electron chi connectivity index (χ4n) is 2.45. The lowest BCUT2D eigenvalue weighted by Gasteiger charge is -2.33. The number of hydroxylamine groups is 1. The van der Waals surface area contributed by atoms with E-state index in [0.29, 0.717) is 21.8 Å². The van der Waals surface area contributed by atoms with Crippen LogP contribution in [0.3, 0.4) is 0 Å². The highest BCUT2D eigenvalue weighted by atomic mass is 35.5. The Hall–Kier alpha value is -2.37. The Morgan fingerprint density at radius 1 is 1.22 bits per heavy atom. The molecule has 0 saturated heterocycles. The van der Waals surface area contributed by atoms with Crippen LogP contribution in [0.15, 0.2) is 48.5 Å². The van der Waals surface area contributed by atoms with E-state index in [1.807, 2.05) is 0 Å². The molecule has 0 bridgehead atoms. The molecule has 0 spiro atoms. The van der Waals surface area contributed by atoms with Crippen molar-refractivity contribution in [3.05, 3.63) is 64.7 Å². The van der Waals surface area contributed by atoms with E-state index < -0.39 is 12.1 Å². The second-order valence-corrected chi connectivity index (χ2v) is 5.47. The molecule has 3 rings (SSSR count). The van der Waals surface area contributed by atoms with Gasteiger partial charge in [0.15, 0.2) is 0 Å². The van der Waals surface area contributed by atoms with Gasteiger partial charge in [-0.05, 0) is 35.9 Å². The summed E-state index contributed by atoms with van der Waals surface area (Å²) in [7, 11) is 1.32. The standard InChI is InChI=1S/C17H14ClNO4/c1-22-16(20)10-15-13-4-2-3-5-14(13)17(21)19(23-15)12-8-6-11(18)7-9-12/h2-9,15H,10H2,1H3. The maximum Gasteiger partial charge on any atom is 0.308 e. The zero-order valence-electron chi connectivity index (χ0n) is 12.4. The summed E-state index contributed by atoms with van der Waals surface area (Å²) in [5.41, 5.74) is 1.72. The first-order valence-corrected chi connectivity index (χ1v) is 7.40. The van der Waals surface area contributed by atoms with Crippen LogP contribution in [0.1, 0.15) is 28.4 Å². The summed E-state index contributed by atoms with van der Waals surface area (Å²) in [4.78, 5) is 30.1. The molecule has 118 valence electrons. The largest absolute Gasteiger partial charge is 0.469 e. The molecule has 1 aliphatic heterocycles. The number of nitrogens with zero attached hydrogens (tertiary/aromatic N) is 1. The normalized spacial score (nSPS) is 16.9. The van der Waals surface area contributed by atoms with Crippen molar-refractivity contribution in [1.29, 1.82) is 0 Å². The van der Waals surface area contributed by atoms with Crippen molar-refractivity contribution in [1.82, 2.24) is 0 Å². The molecule has 1 atom stereocenters. The van der Waals surface area contributed by atoms with Crippen molar-refractivity contribution in [2.45, 2.75) is 12.5 Å². The molecule has 1 amide bonds. The van der Waals surface area contributed by atoms with Crippen LogP contribution in [0.5, 0.6) is 0 Å². The smallest absolute Gasteiger partial charge is 0.308 e. The zero-order chi connectivity index (χ0) is 16.4. The third-order valence-corrected chi connectivity index (χ3v) is 3.85. The van der Waals surface area contributed by atoms with Gasteiger partial charge < -0.3 is 4.74 Å². The molecule has 23 heavy (non-hydrogen) atoms. The number of hydrogen-bond donors (Lipinski definition) is 0. The highest BCUT2D eigenvalue weighted by Gasteiger charge is 2.34. The van der Waals surface area contributed by atoms with Crippen molar-refractivity contribution in [3.8, 4) is 0 Å². The minimum Gasteiger partial charge on any atom is -0.469 e. The van der Waals surface area contributed by atoms with Crippen LogP contribution in [0, 0.1) is 0 Å². The van der Waals surface area contributed by atoms with Gasteiger partial charge in [0.25, 0.3) is 5.91 Å². The molecule has 6 heteroatoms. The first-order chi connectivity index (χ1) is 11.1. The summed E-state index contributed by atoms with van der Waals surface area (Å²) in [6, 6.07) is 13.8. The number of amides is 1. The number of anilines is 1. The summed E-state index contributed by atoms with van der Waals surface area (Å²) in [6.07, 6.45) is -0.572. The summed E-state index contributed by atoms with van der Waals surface area (Å²) < 4.78 is 4.71. The van der Waals surface area contributed by atoms with Gasteiger partial charge in [0.1, 0.15) is 6.10 Å². The van der Waals surface area contributed by atoms with Crippen LogP contribution in [0.25, 0.3) is 0 Å². The van der Waals surface area contributed by atoms with Crippen molar-refractivity contribution in [2.75, 3.05) is 12.2 Å². The second kappa shape index (κ2) is 6.40. The number of esters is 1. The Bertz CT molecular complexity index is 745. The highest BCUT2D eigenvalue weighted by molar-refractivity contribution is 6.30. The molecule has 0 fully saturated rings. The van der Waals surface area contributed by atoms with E-state index in [4.69, 9.17) is 21.2 Å². The van der Waals surface area contributed by atoms with Gasteiger partial charge in [-0.1, -0.05) is 29.8 Å². The van der Waals surface area contributed by atoms with Crippen molar-refractivity contribution >= 4 is 29.2 Å². The van der Waals surface area contributed by atoms with Crippen molar-refractivity contribution in [2.24, 2.45) is 0 Å². The minimum absolute atomic E-state index is 0.0187. The molecule has 2 aromatic rings. The number of fused-ring (bicyclic) bond motifs is 1. The lowest BCUT2D eigenvalue weighted by molar-refractivity contribution is -0.144. The van der Waals surface area contributed by atoms with Crippen molar-refractivity contribution in [3.63, 3.8) is 0 Å². The Labute approximate surface area is 138 Å². The van der Waals surface area contributed by atoms with Crippen LogP contribution < -0.4 is 5.06 Å². The third-order valence-electron chi connectivity index (χ3n) is 3.60. The molecule has 1 unspecified atom stereocenters. The molecule has 1 heterocycles. The van der Waals surface area contributed by atoms with Gasteiger partial charge >= 0.3 is 5.97 Å². The van der Waals surface area contributed by atoms with Gasteiger partial charge in [0.05, 0.1) is 19.2 Å². The van der Waals surface area contributed by atoms with Gasteiger partial charge in [-0.15, -0.1) is 0 Å². The molecular formula is C17H14ClNO4. The lowest BCUT2D eigenvalue weighted by atomic mass is 9.98. The summed E-state index contributed by atoms with van der Waals surface area (Å²) >= 11 is 5.88. The first kappa shape index (κ1) is 15.5. The first-order valence-electron chi connectivity index (χ1n) is 7.02. The van der Waals surface area contributed by atoms with E-state index in [-0.39, 0.29) is 12.3 Å². The van der Waals surface area contributed by atoms with Crippen LogP contribution in [-0.2, 0) is 14.4 Å². The van der Waals surface area contributed by atoms with Crippen LogP contribution in [0.2, 0.25) is 5.02 Å². The fraction of sp³-hybridized carbons (Fsp3) is 0.176. The topological polar surface area (TPSA) is 55.8 Å². The van der Waals surface area contributed by atoms with Crippen LogP contribution in [-0.4, -0.2) is 19.0 Å². The number of carbonyl (C=O) groups excluding carboxylic acids is 2. The monoisotopic (exact) mass is 331 g/mol. The van der Waals surface area contributed by atoms with Gasteiger partial charge in [0.2, 0.25) is 0 Å². The van der Waals surface area contributed by atoms with E-state index in [0.717, 1.165) is 0 Å². The number of ether oxygens (including phenoxy) is 1. The molecule has 0 aromatic heterocycles. The SMILES string of the molecule is COC(=O)CC1ON(c2ccc(Cl)cc2)C(=O)c2ccccc21. The van der Waals surface area contributed by atoms with E-state index in [1.165, 1.54) is 12.2 Å². The number of benzene rings is 2. The number of halogens is 1. The average molecular weight is 332 g/mol. The maximum atomic E-state index is 12.7. The maximum absolute atomic E-state index is 12.7. The lowest BCUT2D eigenvalue weighted by Crippen LogP contribution is -2.38. The highest BCUT2D eigenvalue weighted by Crippen LogP contribution is 2.35. The summed E-state index contributed by atoms with van der Waals surface area (Å²) in [5, 5.41) is 1.75. The number of hydrogen-bond acceptors (Lipinski definition) is 4. The molecule has 0 aliphatic carbocycles. The number of carbonyl (C=O) groups is 2. The molecule has 0 saturated carbocycles. The van der Waals surface area contributed by atoms with E-state index in [2.05, 4.69) is 0 Å². The second-order valence-electron chi connectivity index (χ2n) is 5.04. The van der Waals surface area contributed by atoms with Gasteiger partial charge in [-0.2, -0.15) is 5.06 Å². The van der Waals surface area contributed by atoms with E-state index in [1.54, 1.807) is 48.5 Å².